The summed E-state index contributed by atoms with van der Waals surface area (Å²) in [5.41, 5.74) is 0.610. The molecule has 17 heavy (non-hydrogen) atoms. The minimum absolute atomic E-state index is 0.224. The number of hydrogen-bond acceptors (Lipinski definition) is 1. The van der Waals surface area contributed by atoms with Crippen molar-refractivity contribution in [2.75, 3.05) is 0 Å². The molecular weight excluding hydrogens is 398 g/mol. The zero-order chi connectivity index (χ0) is 12.6. The molecule has 1 aromatic heterocycles. The fourth-order valence-corrected chi connectivity index (χ4v) is 2.55. The van der Waals surface area contributed by atoms with E-state index in [0.717, 1.165) is 3.57 Å². The highest BCUT2D eigenvalue weighted by Gasteiger charge is 2.16. The number of aromatic nitrogens is 1. The van der Waals surface area contributed by atoms with Crippen molar-refractivity contribution in [1.29, 1.82) is 0 Å². The van der Waals surface area contributed by atoms with Crippen molar-refractivity contribution < 1.29 is 4.39 Å². The van der Waals surface area contributed by atoms with E-state index in [1.165, 1.54) is 6.20 Å². The number of nitrogens with zero attached hydrogens (tertiary/aromatic N) is 1. The highest BCUT2D eigenvalue weighted by atomic mass is 127. The minimum Gasteiger partial charge on any atom is -0.227 e. The zero-order valence-corrected chi connectivity index (χ0v) is 12.6. The first-order chi connectivity index (χ1) is 8.00. The third kappa shape index (κ3) is 2.67. The van der Waals surface area contributed by atoms with Crippen LogP contribution in [0.15, 0.2) is 24.4 Å². The van der Waals surface area contributed by atoms with Gasteiger partial charge >= 0.3 is 0 Å². The van der Waals surface area contributed by atoms with Crippen LogP contribution in [0.25, 0.3) is 11.1 Å². The van der Waals surface area contributed by atoms with E-state index in [1.54, 1.807) is 18.2 Å². The molecule has 0 aliphatic rings. The Morgan fingerprint density at radius 2 is 1.76 bits per heavy atom. The van der Waals surface area contributed by atoms with Crippen LogP contribution in [-0.4, -0.2) is 4.98 Å². The van der Waals surface area contributed by atoms with Gasteiger partial charge in [0.15, 0.2) is 0 Å². The van der Waals surface area contributed by atoms with Gasteiger partial charge in [-0.2, -0.15) is 4.39 Å². The Labute approximate surface area is 126 Å². The maximum Gasteiger partial charge on any atom is 0.220 e. The van der Waals surface area contributed by atoms with Gasteiger partial charge in [-0.15, -0.1) is 0 Å². The van der Waals surface area contributed by atoms with Gasteiger partial charge < -0.3 is 0 Å². The van der Waals surface area contributed by atoms with Gasteiger partial charge in [0.05, 0.1) is 15.1 Å². The topological polar surface area (TPSA) is 12.9 Å². The smallest absolute Gasteiger partial charge is 0.220 e. The molecule has 0 amide bonds. The average Bonchev–Trinajstić information content (AvgIpc) is 2.29. The molecular formula is C11H4Cl3FIN. The predicted molar refractivity (Wildman–Crippen MR) is 77.4 cm³/mol. The fourth-order valence-electron chi connectivity index (χ4n) is 1.37. The van der Waals surface area contributed by atoms with Crippen LogP contribution in [0.4, 0.5) is 4.39 Å². The lowest BCUT2D eigenvalue weighted by molar-refractivity contribution is 0.587. The Kier molecular flexibility index (Phi) is 4.13. The lowest BCUT2D eigenvalue weighted by atomic mass is 10.1. The first kappa shape index (κ1) is 13.3. The molecule has 0 aliphatic carbocycles. The van der Waals surface area contributed by atoms with E-state index in [4.69, 9.17) is 34.8 Å². The summed E-state index contributed by atoms with van der Waals surface area (Å²) in [5, 5.41) is 0.883. The van der Waals surface area contributed by atoms with Crippen LogP contribution in [0.1, 0.15) is 0 Å². The zero-order valence-electron chi connectivity index (χ0n) is 8.15. The number of hydrogen-bond donors (Lipinski definition) is 0. The van der Waals surface area contributed by atoms with E-state index in [1.807, 2.05) is 22.6 Å². The van der Waals surface area contributed by atoms with Crippen LogP contribution in [0.5, 0.6) is 0 Å². The van der Waals surface area contributed by atoms with Crippen molar-refractivity contribution in [2.45, 2.75) is 0 Å². The monoisotopic (exact) mass is 401 g/mol. The third-order valence-corrected chi connectivity index (χ3v) is 3.83. The summed E-state index contributed by atoms with van der Waals surface area (Å²) in [4.78, 5) is 3.63. The van der Waals surface area contributed by atoms with Crippen molar-refractivity contribution in [3.8, 4) is 11.1 Å². The first-order valence-electron chi connectivity index (χ1n) is 4.45. The van der Waals surface area contributed by atoms with Crippen LogP contribution in [0.3, 0.4) is 0 Å². The van der Waals surface area contributed by atoms with E-state index in [-0.39, 0.29) is 10.6 Å². The van der Waals surface area contributed by atoms with Gasteiger partial charge in [-0.1, -0.05) is 34.8 Å². The summed E-state index contributed by atoms with van der Waals surface area (Å²) in [6.45, 7) is 0. The van der Waals surface area contributed by atoms with Gasteiger partial charge in [0.25, 0.3) is 0 Å². The molecule has 0 bridgehead atoms. The Balaban J connectivity index is 2.76. The molecule has 0 radical (unpaired) electrons. The molecule has 0 fully saturated rings. The van der Waals surface area contributed by atoms with Crippen molar-refractivity contribution >= 4 is 57.4 Å². The van der Waals surface area contributed by atoms with Crippen LogP contribution in [0.2, 0.25) is 15.1 Å². The first-order valence-corrected chi connectivity index (χ1v) is 6.67. The molecule has 0 atom stereocenters. The maximum atomic E-state index is 13.7. The highest BCUT2D eigenvalue weighted by Crippen LogP contribution is 2.39. The predicted octanol–water partition coefficient (Wildman–Crippen LogP) is 5.45. The second-order valence-electron chi connectivity index (χ2n) is 3.21. The van der Waals surface area contributed by atoms with Gasteiger partial charge in [-0.3, -0.25) is 0 Å². The van der Waals surface area contributed by atoms with Gasteiger partial charge in [-0.25, -0.2) is 4.98 Å². The van der Waals surface area contributed by atoms with Gasteiger partial charge in [-0.05, 0) is 40.8 Å². The third-order valence-electron chi connectivity index (χ3n) is 2.12. The van der Waals surface area contributed by atoms with E-state index in [9.17, 15) is 4.39 Å². The standard InChI is InChI=1S/C11H4Cl3FIN/c12-7-1-2-8(13)10(14)9(7)6-3-5(16)4-17-11(6)15/h1-4H. The maximum absolute atomic E-state index is 13.7. The SMILES string of the molecule is Fc1ncc(I)cc1-c1c(Cl)ccc(Cl)c1Cl. The summed E-state index contributed by atoms with van der Waals surface area (Å²) in [6.07, 6.45) is 1.42. The average molecular weight is 402 g/mol. The van der Waals surface area contributed by atoms with Crippen LogP contribution >= 0.6 is 57.4 Å². The summed E-state index contributed by atoms with van der Waals surface area (Å²) in [5.74, 6) is -0.628. The molecule has 0 N–H and O–H groups in total. The summed E-state index contributed by atoms with van der Waals surface area (Å²) >= 11 is 20.0. The Hall–Kier alpha value is -0.100. The van der Waals surface area contributed by atoms with Crippen molar-refractivity contribution in [1.82, 2.24) is 4.98 Å². The molecule has 0 saturated carbocycles. The lowest BCUT2D eigenvalue weighted by Crippen LogP contribution is -1.92. The number of pyridine rings is 1. The van der Waals surface area contributed by atoms with E-state index in [2.05, 4.69) is 4.98 Å². The molecule has 1 heterocycles. The molecule has 1 aromatic carbocycles. The van der Waals surface area contributed by atoms with E-state index >= 15 is 0 Å². The van der Waals surface area contributed by atoms with Crippen LogP contribution in [0, 0.1) is 9.52 Å². The van der Waals surface area contributed by atoms with Gasteiger partial charge in [0, 0.05) is 20.9 Å². The van der Waals surface area contributed by atoms with Crippen molar-refractivity contribution in [2.24, 2.45) is 0 Å². The molecule has 1 nitrogen and oxygen atoms in total. The Bertz CT molecular complexity index is 589. The Morgan fingerprint density at radius 3 is 2.47 bits per heavy atom. The molecule has 2 rings (SSSR count). The molecule has 2 aromatic rings. The van der Waals surface area contributed by atoms with Crippen molar-refractivity contribution in [3.63, 3.8) is 0 Å². The molecule has 0 saturated heterocycles. The summed E-state index contributed by atoms with van der Waals surface area (Å²) in [7, 11) is 0. The van der Waals surface area contributed by atoms with Crippen LogP contribution in [-0.2, 0) is 0 Å². The van der Waals surface area contributed by atoms with E-state index in [0.29, 0.717) is 15.6 Å². The molecule has 88 valence electrons. The minimum atomic E-state index is -0.628. The number of benzene rings is 1. The number of rotatable bonds is 1. The summed E-state index contributed by atoms with van der Waals surface area (Å²) < 4.78 is 14.5. The largest absolute Gasteiger partial charge is 0.227 e. The second-order valence-corrected chi connectivity index (χ2v) is 5.65. The quantitative estimate of drug-likeness (QED) is 0.351. The Morgan fingerprint density at radius 1 is 1.12 bits per heavy atom. The van der Waals surface area contributed by atoms with E-state index < -0.39 is 5.95 Å². The molecule has 0 spiro atoms. The number of halogens is 5. The fraction of sp³-hybridized carbons (Fsp3) is 0. The van der Waals surface area contributed by atoms with Crippen LogP contribution < -0.4 is 0 Å². The van der Waals surface area contributed by atoms with Gasteiger partial charge in [0.2, 0.25) is 5.95 Å². The molecule has 0 unspecified atom stereocenters. The molecule has 0 aliphatic heterocycles. The molecule has 6 heteroatoms. The normalized spacial score (nSPS) is 10.6. The van der Waals surface area contributed by atoms with Crippen molar-refractivity contribution in [3.05, 3.63) is 49.0 Å². The van der Waals surface area contributed by atoms with Gasteiger partial charge in [0.1, 0.15) is 0 Å². The highest BCUT2D eigenvalue weighted by molar-refractivity contribution is 14.1. The second kappa shape index (κ2) is 5.26. The summed E-state index contributed by atoms with van der Waals surface area (Å²) in [6, 6.07) is 4.76. The lowest BCUT2D eigenvalue weighted by Gasteiger charge is -2.09.